The number of aromatic nitrogens is 1. The minimum absolute atomic E-state index is 0.539. The van der Waals surface area contributed by atoms with Crippen LogP contribution in [0.1, 0.15) is 11.1 Å². The predicted molar refractivity (Wildman–Crippen MR) is 100 cm³/mol. The Balaban J connectivity index is 2.24. The SMILES string of the molecule is COc1ccc(-c2ccn(CCN)c2-c2c(C)cccc2C#N)cc1. The van der Waals surface area contributed by atoms with Gasteiger partial charge >= 0.3 is 0 Å². The second-order valence-corrected chi connectivity index (χ2v) is 5.90. The van der Waals surface area contributed by atoms with Crippen molar-refractivity contribution < 1.29 is 4.74 Å². The molecule has 0 saturated heterocycles. The fourth-order valence-electron chi connectivity index (χ4n) is 3.16. The molecule has 1 heterocycles. The zero-order chi connectivity index (χ0) is 17.8. The van der Waals surface area contributed by atoms with Crippen LogP contribution in [0.3, 0.4) is 0 Å². The second kappa shape index (κ2) is 7.25. The topological polar surface area (TPSA) is 64.0 Å². The largest absolute Gasteiger partial charge is 0.497 e. The first kappa shape index (κ1) is 16.8. The quantitative estimate of drug-likeness (QED) is 0.769. The molecule has 0 atom stereocenters. The number of ether oxygens (including phenoxy) is 1. The van der Waals surface area contributed by atoms with Crippen molar-refractivity contribution in [3.8, 4) is 34.2 Å². The number of nitrogens with zero attached hydrogens (tertiary/aromatic N) is 2. The summed E-state index contributed by atoms with van der Waals surface area (Å²) < 4.78 is 7.38. The molecule has 25 heavy (non-hydrogen) atoms. The molecule has 0 amide bonds. The number of benzene rings is 2. The van der Waals surface area contributed by atoms with Crippen molar-refractivity contribution >= 4 is 0 Å². The van der Waals surface area contributed by atoms with E-state index in [1.54, 1.807) is 7.11 Å². The van der Waals surface area contributed by atoms with Gasteiger partial charge in [-0.15, -0.1) is 0 Å². The van der Waals surface area contributed by atoms with Gasteiger partial charge in [0.05, 0.1) is 24.4 Å². The Labute approximate surface area is 148 Å². The molecule has 2 aromatic carbocycles. The van der Waals surface area contributed by atoms with Gasteiger partial charge in [-0.25, -0.2) is 0 Å². The standard InChI is InChI=1S/C21H21N3O/c1-15-4-3-5-17(14-23)20(15)21-19(10-12-24(21)13-11-22)16-6-8-18(25-2)9-7-16/h3-10,12H,11,13,22H2,1-2H3. The van der Waals surface area contributed by atoms with E-state index in [1.807, 2.05) is 55.6 Å². The lowest BCUT2D eigenvalue weighted by Gasteiger charge is -2.15. The summed E-state index contributed by atoms with van der Waals surface area (Å²) in [6, 6.07) is 18.2. The monoisotopic (exact) mass is 331 g/mol. The first-order chi connectivity index (χ1) is 12.2. The smallest absolute Gasteiger partial charge is 0.118 e. The molecule has 2 N–H and O–H groups in total. The lowest BCUT2D eigenvalue weighted by molar-refractivity contribution is 0.415. The van der Waals surface area contributed by atoms with E-state index in [2.05, 4.69) is 16.7 Å². The van der Waals surface area contributed by atoms with Crippen LogP contribution in [-0.4, -0.2) is 18.2 Å². The maximum absolute atomic E-state index is 9.59. The average molecular weight is 331 g/mol. The van der Waals surface area contributed by atoms with E-state index in [0.29, 0.717) is 18.7 Å². The number of nitriles is 1. The normalized spacial score (nSPS) is 10.5. The molecule has 4 nitrogen and oxygen atoms in total. The minimum atomic E-state index is 0.539. The highest BCUT2D eigenvalue weighted by Gasteiger charge is 2.18. The minimum Gasteiger partial charge on any atom is -0.497 e. The summed E-state index contributed by atoms with van der Waals surface area (Å²) in [6.45, 7) is 3.27. The van der Waals surface area contributed by atoms with Crippen molar-refractivity contribution in [2.75, 3.05) is 13.7 Å². The van der Waals surface area contributed by atoms with Crippen LogP contribution in [0.4, 0.5) is 0 Å². The molecule has 0 aliphatic heterocycles. The van der Waals surface area contributed by atoms with Crippen molar-refractivity contribution in [1.29, 1.82) is 5.26 Å². The van der Waals surface area contributed by atoms with Gasteiger partial charge in [-0.1, -0.05) is 24.3 Å². The molecule has 1 aromatic heterocycles. The van der Waals surface area contributed by atoms with Gasteiger partial charge in [0.25, 0.3) is 0 Å². The van der Waals surface area contributed by atoms with Crippen LogP contribution in [0.5, 0.6) is 5.75 Å². The maximum Gasteiger partial charge on any atom is 0.118 e. The van der Waals surface area contributed by atoms with Crippen LogP contribution in [0.25, 0.3) is 22.4 Å². The molecule has 0 spiro atoms. The third-order valence-corrected chi connectivity index (χ3v) is 4.36. The summed E-state index contributed by atoms with van der Waals surface area (Å²) in [6.07, 6.45) is 2.04. The van der Waals surface area contributed by atoms with E-state index in [0.717, 1.165) is 33.7 Å². The fraction of sp³-hybridized carbons (Fsp3) is 0.190. The van der Waals surface area contributed by atoms with Gasteiger partial charge in [-0.2, -0.15) is 5.26 Å². The van der Waals surface area contributed by atoms with Crippen molar-refractivity contribution in [2.24, 2.45) is 5.73 Å². The van der Waals surface area contributed by atoms with Crippen LogP contribution >= 0.6 is 0 Å². The highest BCUT2D eigenvalue weighted by atomic mass is 16.5. The number of hydrogen-bond acceptors (Lipinski definition) is 3. The lowest BCUT2D eigenvalue weighted by Crippen LogP contribution is -2.10. The van der Waals surface area contributed by atoms with Gasteiger partial charge in [0, 0.05) is 30.4 Å². The molecule has 3 rings (SSSR count). The third kappa shape index (κ3) is 3.15. The Morgan fingerprint density at radius 3 is 2.52 bits per heavy atom. The van der Waals surface area contributed by atoms with E-state index in [4.69, 9.17) is 10.5 Å². The van der Waals surface area contributed by atoms with Crippen molar-refractivity contribution in [3.05, 3.63) is 65.9 Å². The van der Waals surface area contributed by atoms with Crippen molar-refractivity contribution in [3.63, 3.8) is 0 Å². The fourth-order valence-corrected chi connectivity index (χ4v) is 3.16. The van der Waals surface area contributed by atoms with E-state index in [1.165, 1.54) is 0 Å². The molecule has 0 fully saturated rings. The summed E-state index contributed by atoms with van der Waals surface area (Å²) >= 11 is 0. The van der Waals surface area contributed by atoms with E-state index in [9.17, 15) is 5.26 Å². The van der Waals surface area contributed by atoms with Crippen molar-refractivity contribution in [1.82, 2.24) is 4.57 Å². The zero-order valence-corrected chi connectivity index (χ0v) is 14.5. The summed E-state index contributed by atoms with van der Waals surface area (Å²) in [5.74, 6) is 0.820. The van der Waals surface area contributed by atoms with Crippen LogP contribution in [0.2, 0.25) is 0 Å². The lowest BCUT2D eigenvalue weighted by atomic mass is 9.94. The Morgan fingerprint density at radius 1 is 1.12 bits per heavy atom. The van der Waals surface area contributed by atoms with Gasteiger partial charge in [-0.05, 0) is 42.3 Å². The van der Waals surface area contributed by atoms with Gasteiger partial charge in [-0.3, -0.25) is 0 Å². The van der Waals surface area contributed by atoms with Crippen LogP contribution in [0, 0.1) is 18.3 Å². The molecular weight excluding hydrogens is 310 g/mol. The van der Waals surface area contributed by atoms with Gasteiger partial charge < -0.3 is 15.0 Å². The summed E-state index contributed by atoms with van der Waals surface area (Å²) in [4.78, 5) is 0. The summed E-state index contributed by atoms with van der Waals surface area (Å²) in [5, 5.41) is 9.59. The Hall–Kier alpha value is -3.03. The van der Waals surface area contributed by atoms with Crippen molar-refractivity contribution in [2.45, 2.75) is 13.5 Å². The molecule has 0 bridgehead atoms. The first-order valence-corrected chi connectivity index (χ1v) is 8.23. The van der Waals surface area contributed by atoms with E-state index < -0.39 is 0 Å². The third-order valence-electron chi connectivity index (χ3n) is 4.36. The van der Waals surface area contributed by atoms with E-state index >= 15 is 0 Å². The number of aryl methyl sites for hydroxylation is 1. The Morgan fingerprint density at radius 2 is 1.88 bits per heavy atom. The average Bonchev–Trinajstić information content (AvgIpc) is 3.05. The van der Waals surface area contributed by atoms with Gasteiger partial charge in [0.1, 0.15) is 5.75 Å². The highest BCUT2D eigenvalue weighted by Crippen LogP contribution is 2.37. The maximum atomic E-state index is 9.59. The molecule has 0 aliphatic carbocycles. The zero-order valence-electron chi connectivity index (χ0n) is 14.5. The molecule has 4 heteroatoms. The van der Waals surface area contributed by atoms with Gasteiger partial charge in [0.2, 0.25) is 0 Å². The Bertz CT molecular complexity index is 917. The van der Waals surface area contributed by atoms with Crippen LogP contribution in [-0.2, 0) is 6.54 Å². The number of rotatable bonds is 5. The molecule has 0 unspecified atom stereocenters. The molecule has 126 valence electrons. The number of methoxy groups -OCH3 is 1. The highest BCUT2D eigenvalue weighted by molar-refractivity contribution is 5.86. The molecule has 0 radical (unpaired) electrons. The number of hydrogen-bond donors (Lipinski definition) is 1. The van der Waals surface area contributed by atoms with Crippen LogP contribution in [0.15, 0.2) is 54.7 Å². The van der Waals surface area contributed by atoms with Gasteiger partial charge in [0.15, 0.2) is 0 Å². The first-order valence-electron chi connectivity index (χ1n) is 8.23. The second-order valence-electron chi connectivity index (χ2n) is 5.90. The van der Waals surface area contributed by atoms with E-state index in [-0.39, 0.29) is 0 Å². The molecule has 0 saturated carbocycles. The van der Waals surface area contributed by atoms with Crippen LogP contribution < -0.4 is 10.5 Å². The molecule has 3 aromatic rings. The predicted octanol–water partition coefficient (Wildman–Crippen LogP) is 3.97. The summed E-state index contributed by atoms with van der Waals surface area (Å²) in [5.41, 5.74) is 11.7. The molecule has 0 aliphatic rings. The number of nitrogens with two attached hydrogens (primary N) is 1. The summed E-state index contributed by atoms with van der Waals surface area (Å²) in [7, 11) is 1.66. The molecular formula is C21H21N3O. The Kier molecular flexibility index (Phi) is 4.87.